The first-order valence-corrected chi connectivity index (χ1v) is 5.81. The van der Waals surface area contributed by atoms with Gasteiger partial charge in [-0.1, -0.05) is 13.8 Å². The molecule has 0 bridgehead atoms. The third kappa shape index (κ3) is 3.72. The van der Waals surface area contributed by atoms with Gasteiger partial charge in [-0.15, -0.1) is 0 Å². The van der Waals surface area contributed by atoms with Crippen molar-refractivity contribution in [2.24, 2.45) is 17.6 Å². The van der Waals surface area contributed by atoms with E-state index in [9.17, 15) is 19.3 Å². The summed E-state index contributed by atoms with van der Waals surface area (Å²) < 4.78 is 13.1. The molecule has 3 N–H and O–H groups in total. The van der Waals surface area contributed by atoms with Gasteiger partial charge >= 0.3 is 0 Å². The Hall–Kier alpha value is -2.02. The number of hydrogen-bond acceptors (Lipinski definition) is 4. The minimum Gasteiger partial charge on any atom is -0.330 e. The highest BCUT2D eigenvalue weighted by molar-refractivity contribution is 5.94. The number of nitrogens with one attached hydrogen (secondary N) is 1. The Morgan fingerprint density at radius 3 is 2.63 bits per heavy atom. The lowest BCUT2D eigenvalue weighted by Gasteiger charge is -2.18. The molecule has 0 saturated carbocycles. The van der Waals surface area contributed by atoms with Crippen molar-refractivity contribution < 1.29 is 14.1 Å². The lowest BCUT2D eigenvalue weighted by Crippen LogP contribution is -2.33. The predicted molar refractivity (Wildman–Crippen MR) is 69.1 cm³/mol. The Labute approximate surface area is 109 Å². The SMILES string of the molecule is CC(C)C(CN)C(=O)Nc1cc(F)ccc1[N+](=O)[O-]. The number of rotatable bonds is 5. The zero-order valence-corrected chi connectivity index (χ0v) is 10.7. The summed E-state index contributed by atoms with van der Waals surface area (Å²) in [7, 11) is 0. The zero-order chi connectivity index (χ0) is 14.6. The van der Waals surface area contributed by atoms with E-state index in [-0.39, 0.29) is 23.8 Å². The van der Waals surface area contributed by atoms with E-state index in [0.717, 1.165) is 18.2 Å². The Bertz CT molecular complexity index is 491. The molecule has 0 aliphatic heterocycles. The smallest absolute Gasteiger partial charge is 0.292 e. The first-order valence-electron chi connectivity index (χ1n) is 5.81. The fraction of sp³-hybridized carbons (Fsp3) is 0.417. The first-order chi connectivity index (χ1) is 8.86. The van der Waals surface area contributed by atoms with Crippen molar-refractivity contribution in [2.75, 3.05) is 11.9 Å². The molecular weight excluding hydrogens is 253 g/mol. The predicted octanol–water partition coefficient (Wildman–Crippen LogP) is 1.90. The quantitative estimate of drug-likeness (QED) is 0.630. The van der Waals surface area contributed by atoms with Crippen LogP contribution in [0.3, 0.4) is 0 Å². The topological polar surface area (TPSA) is 98.3 Å². The number of amides is 1. The lowest BCUT2D eigenvalue weighted by molar-refractivity contribution is -0.384. The fourth-order valence-electron chi connectivity index (χ4n) is 1.67. The van der Waals surface area contributed by atoms with E-state index < -0.39 is 22.6 Å². The second-order valence-electron chi connectivity index (χ2n) is 4.49. The van der Waals surface area contributed by atoms with Gasteiger partial charge in [0.1, 0.15) is 11.5 Å². The standard InChI is InChI=1S/C12H16FN3O3/c1-7(2)9(6-14)12(17)15-10-5-8(13)3-4-11(10)16(18)19/h3-5,7,9H,6,14H2,1-2H3,(H,15,17). The average molecular weight is 269 g/mol. The summed E-state index contributed by atoms with van der Waals surface area (Å²) in [6.07, 6.45) is 0. The molecule has 1 unspecified atom stereocenters. The Morgan fingerprint density at radius 1 is 1.53 bits per heavy atom. The zero-order valence-electron chi connectivity index (χ0n) is 10.7. The molecule has 0 aliphatic carbocycles. The van der Waals surface area contributed by atoms with Gasteiger partial charge in [0.15, 0.2) is 0 Å². The normalized spacial score (nSPS) is 12.3. The van der Waals surface area contributed by atoms with Crippen LogP contribution in [0, 0.1) is 27.8 Å². The summed E-state index contributed by atoms with van der Waals surface area (Å²) in [6.45, 7) is 3.75. The third-order valence-electron chi connectivity index (χ3n) is 2.81. The van der Waals surface area contributed by atoms with Crippen LogP contribution in [0.4, 0.5) is 15.8 Å². The molecule has 0 aromatic heterocycles. The minimum atomic E-state index is -0.679. The average Bonchev–Trinajstić information content (AvgIpc) is 2.28. The van der Waals surface area contributed by atoms with Crippen LogP contribution in [0.2, 0.25) is 0 Å². The number of nitrogens with two attached hydrogens (primary N) is 1. The molecule has 1 atom stereocenters. The second-order valence-corrected chi connectivity index (χ2v) is 4.49. The third-order valence-corrected chi connectivity index (χ3v) is 2.81. The maximum Gasteiger partial charge on any atom is 0.292 e. The molecule has 0 saturated heterocycles. The molecule has 7 heteroatoms. The number of nitro groups is 1. The largest absolute Gasteiger partial charge is 0.330 e. The first kappa shape index (κ1) is 15.0. The van der Waals surface area contributed by atoms with Crippen molar-refractivity contribution in [3.8, 4) is 0 Å². The van der Waals surface area contributed by atoms with E-state index in [1.165, 1.54) is 0 Å². The molecule has 104 valence electrons. The van der Waals surface area contributed by atoms with Gasteiger partial charge < -0.3 is 11.1 Å². The van der Waals surface area contributed by atoms with Crippen molar-refractivity contribution >= 4 is 17.3 Å². The van der Waals surface area contributed by atoms with Crippen LogP contribution >= 0.6 is 0 Å². The van der Waals surface area contributed by atoms with Gasteiger partial charge in [0.05, 0.1) is 10.8 Å². The molecule has 1 aromatic rings. The monoisotopic (exact) mass is 269 g/mol. The van der Waals surface area contributed by atoms with Crippen molar-refractivity contribution in [3.63, 3.8) is 0 Å². The van der Waals surface area contributed by atoms with Gasteiger partial charge in [0, 0.05) is 18.7 Å². The highest BCUT2D eigenvalue weighted by atomic mass is 19.1. The van der Waals surface area contributed by atoms with Gasteiger partial charge in [0.2, 0.25) is 5.91 Å². The van der Waals surface area contributed by atoms with Crippen molar-refractivity contribution in [1.29, 1.82) is 0 Å². The van der Waals surface area contributed by atoms with E-state index >= 15 is 0 Å². The van der Waals surface area contributed by atoms with Crippen molar-refractivity contribution in [1.82, 2.24) is 0 Å². The molecular formula is C12H16FN3O3. The van der Waals surface area contributed by atoms with Gasteiger partial charge in [-0.25, -0.2) is 4.39 Å². The minimum absolute atomic E-state index is 0.0161. The van der Waals surface area contributed by atoms with Crippen LogP contribution in [-0.4, -0.2) is 17.4 Å². The molecule has 0 fully saturated rings. The van der Waals surface area contributed by atoms with E-state index in [4.69, 9.17) is 5.73 Å². The number of hydrogen-bond donors (Lipinski definition) is 2. The van der Waals surface area contributed by atoms with Crippen LogP contribution in [0.1, 0.15) is 13.8 Å². The van der Waals surface area contributed by atoms with Gasteiger partial charge in [-0.3, -0.25) is 14.9 Å². The summed E-state index contributed by atoms with van der Waals surface area (Å²) in [4.78, 5) is 22.1. The fourth-order valence-corrected chi connectivity index (χ4v) is 1.67. The Balaban J connectivity index is 3.01. The summed E-state index contributed by atoms with van der Waals surface area (Å²) in [5, 5.41) is 13.2. The highest BCUT2D eigenvalue weighted by Crippen LogP contribution is 2.26. The molecule has 1 amide bonds. The molecule has 6 nitrogen and oxygen atoms in total. The summed E-state index contributed by atoms with van der Waals surface area (Å²) in [5.41, 5.74) is 4.98. The van der Waals surface area contributed by atoms with Crippen molar-refractivity contribution in [2.45, 2.75) is 13.8 Å². The van der Waals surface area contributed by atoms with Crippen LogP contribution in [0.15, 0.2) is 18.2 Å². The number of carbonyl (C=O) groups is 1. The number of carbonyl (C=O) groups excluding carboxylic acids is 1. The number of halogens is 1. The number of nitrogens with zero attached hydrogens (tertiary/aromatic N) is 1. The highest BCUT2D eigenvalue weighted by Gasteiger charge is 2.23. The van der Waals surface area contributed by atoms with Gasteiger partial charge in [-0.05, 0) is 12.0 Å². The summed E-state index contributed by atoms with van der Waals surface area (Å²) in [5.74, 6) is -1.61. The number of anilines is 1. The van der Waals surface area contributed by atoms with Crippen LogP contribution in [0.5, 0.6) is 0 Å². The van der Waals surface area contributed by atoms with Crippen LogP contribution in [0.25, 0.3) is 0 Å². The second kappa shape index (κ2) is 6.24. The van der Waals surface area contributed by atoms with E-state index in [1.54, 1.807) is 0 Å². The molecule has 0 radical (unpaired) electrons. The number of nitro benzene ring substituents is 1. The molecule has 1 rings (SSSR count). The van der Waals surface area contributed by atoms with E-state index in [1.807, 2.05) is 13.8 Å². The van der Waals surface area contributed by atoms with Crippen LogP contribution < -0.4 is 11.1 Å². The summed E-state index contributed by atoms with van der Waals surface area (Å²) >= 11 is 0. The molecule has 1 aromatic carbocycles. The van der Waals surface area contributed by atoms with Gasteiger partial charge in [0.25, 0.3) is 5.69 Å². The Kier molecular flexibility index (Phi) is 4.94. The van der Waals surface area contributed by atoms with E-state index in [0.29, 0.717) is 0 Å². The molecule has 0 aliphatic rings. The molecule has 0 spiro atoms. The summed E-state index contributed by atoms with van der Waals surface area (Å²) in [6, 6.07) is 2.90. The van der Waals surface area contributed by atoms with Gasteiger partial charge in [-0.2, -0.15) is 0 Å². The number of benzene rings is 1. The van der Waals surface area contributed by atoms with Crippen LogP contribution in [-0.2, 0) is 4.79 Å². The lowest BCUT2D eigenvalue weighted by atomic mass is 9.95. The maximum absolute atomic E-state index is 13.1. The molecule has 19 heavy (non-hydrogen) atoms. The Morgan fingerprint density at radius 2 is 2.16 bits per heavy atom. The van der Waals surface area contributed by atoms with Crippen molar-refractivity contribution in [3.05, 3.63) is 34.1 Å². The molecule has 0 heterocycles. The van der Waals surface area contributed by atoms with E-state index in [2.05, 4.69) is 5.32 Å². The maximum atomic E-state index is 13.1.